The van der Waals surface area contributed by atoms with Crippen molar-refractivity contribution in [2.45, 2.75) is 0 Å². The van der Waals surface area contributed by atoms with Crippen LogP contribution in [0.4, 0.5) is 0 Å². The molecule has 0 aliphatic carbocycles. The van der Waals surface area contributed by atoms with Crippen LogP contribution in [0.1, 0.15) is 0 Å². The Balaban J connectivity index is 1.12. The number of fused-ring (bicyclic) bond motifs is 8. The van der Waals surface area contributed by atoms with Crippen LogP contribution in [0.25, 0.3) is 111 Å². The lowest BCUT2D eigenvalue weighted by Crippen LogP contribution is -2.00. The molecule has 0 radical (unpaired) electrons. The number of pyridine rings is 1. The van der Waals surface area contributed by atoms with Gasteiger partial charge in [0.25, 0.3) is 0 Å². The van der Waals surface area contributed by atoms with Gasteiger partial charge in [0.1, 0.15) is 11.2 Å². The summed E-state index contributed by atoms with van der Waals surface area (Å²) in [7, 11) is 0. The predicted octanol–water partition coefficient (Wildman–Crippen LogP) is 13.0. The molecule has 256 valence electrons. The topological polar surface area (TPSA) is 64.7 Å². The van der Waals surface area contributed by atoms with Gasteiger partial charge in [0.2, 0.25) is 0 Å². The maximum atomic E-state index is 6.71. The summed E-state index contributed by atoms with van der Waals surface area (Å²) in [4.78, 5) is 20.4. The molecule has 0 saturated carbocycles. The number of para-hydroxylation sites is 2. The second-order valence-corrected chi connectivity index (χ2v) is 13.8. The van der Waals surface area contributed by atoms with E-state index in [2.05, 4.69) is 109 Å². The Kier molecular flexibility index (Phi) is 7.10. The molecule has 0 N–H and O–H groups in total. The fourth-order valence-electron chi connectivity index (χ4n) is 7.90. The molecular weight excluding hydrogens is 673 g/mol. The van der Waals surface area contributed by atoms with Crippen LogP contribution >= 0.6 is 0 Å². The molecule has 0 amide bonds. The standard InChI is InChI=1S/C50H30N4O/c1-3-14-32(15-4-1)48-52-49(33-16-5-2-6-17-33)54-50(53-48)34-28-26-31(27-29-34)45-44-40-22-11-12-25-43(40)55-47(44)41-24-13-23-39(46(41)51-45)42-30-35-18-7-8-19-36(35)37-20-9-10-21-38(37)42/h1-30H. The van der Waals surface area contributed by atoms with Gasteiger partial charge in [0.15, 0.2) is 17.5 Å². The van der Waals surface area contributed by atoms with Crippen molar-refractivity contribution in [1.82, 2.24) is 19.9 Å². The second-order valence-electron chi connectivity index (χ2n) is 13.8. The molecule has 0 atom stereocenters. The van der Waals surface area contributed by atoms with E-state index in [1.165, 1.54) is 21.5 Å². The van der Waals surface area contributed by atoms with Crippen LogP contribution in [-0.4, -0.2) is 19.9 Å². The molecule has 0 aliphatic heterocycles. The monoisotopic (exact) mass is 702 g/mol. The third kappa shape index (κ3) is 5.17. The van der Waals surface area contributed by atoms with Crippen molar-refractivity contribution < 1.29 is 4.42 Å². The zero-order valence-electron chi connectivity index (χ0n) is 29.5. The summed E-state index contributed by atoms with van der Waals surface area (Å²) in [5.74, 6) is 1.87. The number of hydrogen-bond donors (Lipinski definition) is 0. The average Bonchev–Trinajstić information content (AvgIpc) is 3.66. The molecule has 0 bridgehead atoms. The van der Waals surface area contributed by atoms with Gasteiger partial charge in [-0.2, -0.15) is 0 Å². The number of aromatic nitrogens is 4. The highest BCUT2D eigenvalue weighted by Gasteiger charge is 2.21. The van der Waals surface area contributed by atoms with E-state index >= 15 is 0 Å². The van der Waals surface area contributed by atoms with E-state index in [-0.39, 0.29) is 0 Å². The highest BCUT2D eigenvalue weighted by atomic mass is 16.3. The van der Waals surface area contributed by atoms with Crippen molar-refractivity contribution in [1.29, 1.82) is 0 Å². The van der Waals surface area contributed by atoms with E-state index in [9.17, 15) is 0 Å². The lowest BCUT2D eigenvalue weighted by atomic mass is 9.91. The first-order valence-electron chi connectivity index (χ1n) is 18.4. The van der Waals surface area contributed by atoms with Crippen molar-refractivity contribution in [2.24, 2.45) is 0 Å². The maximum Gasteiger partial charge on any atom is 0.164 e. The van der Waals surface area contributed by atoms with Crippen molar-refractivity contribution in [3.8, 4) is 56.5 Å². The van der Waals surface area contributed by atoms with Crippen molar-refractivity contribution in [3.63, 3.8) is 0 Å². The average molecular weight is 703 g/mol. The number of nitrogens with zero attached hydrogens (tertiary/aromatic N) is 4. The minimum atomic E-state index is 0.607. The second kappa shape index (κ2) is 12.6. The minimum absolute atomic E-state index is 0.607. The van der Waals surface area contributed by atoms with Gasteiger partial charge in [-0.1, -0.05) is 164 Å². The van der Waals surface area contributed by atoms with E-state index in [0.29, 0.717) is 17.5 Å². The normalized spacial score (nSPS) is 11.6. The minimum Gasteiger partial charge on any atom is -0.455 e. The van der Waals surface area contributed by atoms with E-state index < -0.39 is 0 Å². The maximum absolute atomic E-state index is 6.71. The van der Waals surface area contributed by atoms with Crippen LogP contribution in [-0.2, 0) is 0 Å². The Labute approximate surface area is 316 Å². The molecule has 3 heterocycles. The van der Waals surface area contributed by atoms with Crippen LogP contribution in [0.2, 0.25) is 0 Å². The quantitative estimate of drug-likeness (QED) is 0.167. The molecule has 0 saturated heterocycles. The van der Waals surface area contributed by atoms with Gasteiger partial charge >= 0.3 is 0 Å². The van der Waals surface area contributed by atoms with Crippen LogP contribution < -0.4 is 0 Å². The van der Waals surface area contributed by atoms with Crippen LogP contribution in [0, 0.1) is 0 Å². The van der Waals surface area contributed by atoms with Gasteiger partial charge in [-0.15, -0.1) is 0 Å². The summed E-state index contributed by atoms with van der Waals surface area (Å²) in [6.07, 6.45) is 0. The number of rotatable bonds is 5. The van der Waals surface area contributed by atoms with E-state index in [0.717, 1.165) is 71.9 Å². The lowest BCUT2D eigenvalue weighted by Gasteiger charge is -2.14. The molecule has 5 heteroatoms. The highest BCUT2D eigenvalue weighted by Crippen LogP contribution is 2.44. The lowest BCUT2D eigenvalue weighted by molar-refractivity contribution is 0.672. The first-order valence-corrected chi connectivity index (χ1v) is 18.4. The fourth-order valence-corrected chi connectivity index (χ4v) is 7.90. The van der Waals surface area contributed by atoms with E-state index in [1.54, 1.807) is 0 Å². The van der Waals surface area contributed by atoms with Crippen molar-refractivity contribution in [2.75, 3.05) is 0 Å². The van der Waals surface area contributed by atoms with Crippen LogP contribution in [0.5, 0.6) is 0 Å². The van der Waals surface area contributed by atoms with Gasteiger partial charge in [-0.05, 0) is 45.3 Å². The molecule has 0 unspecified atom stereocenters. The number of furan rings is 1. The third-order valence-electron chi connectivity index (χ3n) is 10.5. The zero-order valence-corrected chi connectivity index (χ0v) is 29.5. The van der Waals surface area contributed by atoms with Gasteiger partial charge in [0, 0.05) is 38.6 Å². The predicted molar refractivity (Wildman–Crippen MR) is 225 cm³/mol. The first-order chi connectivity index (χ1) is 27.3. The Hall–Kier alpha value is -7.50. The molecule has 0 aliphatic rings. The van der Waals surface area contributed by atoms with Gasteiger partial charge in [-0.3, -0.25) is 0 Å². The molecule has 55 heavy (non-hydrogen) atoms. The van der Waals surface area contributed by atoms with Crippen LogP contribution in [0.15, 0.2) is 186 Å². The summed E-state index contributed by atoms with van der Waals surface area (Å²) in [5.41, 5.74) is 9.35. The van der Waals surface area contributed by atoms with Gasteiger partial charge in [0.05, 0.1) is 16.6 Å². The summed E-state index contributed by atoms with van der Waals surface area (Å²) in [6.45, 7) is 0. The first kappa shape index (κ1) is 31.1. The molecule has 8 aromatic carbocycles. The Morgan fingerprint density at radius 2 is 0.873 bits per heavy atom. The van der Waals surface area contributed by atoms with Crippen molar-refractivity contribution >= 4 is 54.4 Å². The number of benzene rings is 8. The molecule has 0 fully saturated rings. The summed E-state index contributed by atoms with van der Waals surface area (Å²) in [6, 6.07) is 62.7. The Morgan fingerprint density at radius 1 is 0.345 bits per heavy atom. The molecule has 0 spiro atoms. The smallest absolute Gasteiger partial charge is 0.164 e. The fraction of sp³-hybridized carbons (Fsp3) is 0. The molecule has 11 rings (SSSR count). The van der Waals surface area contributed by atoms with Crippen molar-refractivity contribution in [3.05, 3.63) is 182 Å². The Bertz CT molecular complexity index is 3190. The molecule has 5 nitrogen and oxygen atoms in total. The molecule has 3 aromatic heterocycles. The Morgan fingerprint density at radius 3 is 1.56 bits per heavy atom. The summed E-state index contributed by atoms with van der Waals surface area (Å²) < 4.78 is 6.71. The summed E-state index contributed by atoms with van der Waals surface area (Å²) >= 11 is 0. The zero-order chi connectivity index (χ0) is 36.3. The SMILES string of the molecule is c1ccc(-c2nc(-c3ccccc3)nc(-c3ccc(-c4nc5c(-c6cc7ccccc7c7ccccc67)cccc5c5oc6ccccc6c45)cc3)n2)cc1. The van der Waals surface area contributed by atoms with E-state index in [4.69, 9.17) is 24.4 Å². The summed E-state index contributed by atoms with van der Waals surface area (Å²) in [5, 5.41) is 7.84. The van der Waals surface area contributed by atoms with Gasteiger partial charge < -0.3 is 4.42 Å². The molecule has 11 aromatic rings. The molecular formula is C50H30N4O. The van der Waals surface area contributed by atoms with E-state index in [1.807, 2.05) is 72.8 Å². The largest absolute Gasteiger partial charge is 0.455 e. The van der Waals surface area contributed by atoms with Crippen LogP contribution in [0.3, 0.4) is 0 Å². The number of hydrogen-bond acceptors (Lipinski definition) is 5. The highest BCUT2D eigenvalue weighted by molar-refractivity contribution is 6.22. The van der Waals surface area contributed by atoms with Gasteiger partial charge in [-0.25, -0.2) is 19.9 Å². The third-order valence-corrected chi connectivity index (χ3v) is 10.5.